The molecular weight excluding hydrogens is 805 g/mol. The number of nitrogens with two attached hydrogens (primary N) is 2. The standard InChI is InChI=1S/C29H39NO3.C29H41NO2/c1-17-18-7-8-21-27(4,19(18)15-20(31)23(17)32)12-14-29(6)22-16-26(3,24(30)33)10-9-25(22,2)11-13-28(21,29)5;1-18-19-7-8-22-27(4,20(19)15-21(31)24(18)32)12-14-29(6)23-16-25(2,17-30)9-10-26(23,3)11-13-28(22,29)5/h7-8,15,22,32H,9-14,16H2,1-6H3,(H2,30,33);7-8,15,23,32H,9-14,16-17,30H2,1-6H3/t22-,25-,26-,27+,28-,29+;23-,25-,26-,27+,28-,29+/m11/s1. The van der Waals surface area contributed by atoms with E-state index in [0.29, 0.717) is 22.8 Å². The van der Waals surface area contributed by atoms with Crippen LogP contribution in [0.25, 0.3) is 0 Å². The van der Waals surface area contributed by atoms with Crippen LogP contribution in [0.2, 0.25) is 0 Å². The van der Waals surface area contributed by atoms with Crippen LogP contribution in [0.5, 0.6) is 0 Å². The number of amides is 1. The molecule has 0 spiro atoms. The number of hydrogen-bond donors (Lipinski definition) is 4. The molecule has 0 radical (unpaired) electrons. The number of ketones is 2. The first kappa shape index (κ1) is 46.4. The maximum absolute atomic E-state index is 12.6. The van der Waals surface area contributed by atoms with Gasteiger partial charge in [0, 0.05) is 27.4 Å². The highest BCUT2D eigenvalue weighted by molar-refractivity contribution is 6.07. The number of aliphatic hydroxyl groups excluding tert-OH is 2. The zero-order valence-electron chi connectivity index (χ0n) is 42.0. The maximum Gasteiger partial charge on any atom is 0.223 e. The van der Waals surface area contributed by atoms with E-state index in [2.05, 4.69) is 93.5 Å². The second kappa shape index (κ2) is 14.2. The minimum Gasteiger partial charge on any atom is -0.504 e. The molecule has 0 aromatic rings. The maximum atomic E-state index is 12.6. The first-order valence-electron chi connectivity index (χ1n) is 25.3. The third kappa shape index (κ3) is 5.97. The van der Waals surface area contributed by atoms with Gasteiger partial charge in [-0.3, -0.25) is 14.4 Å². The fourth-order valence-corrected chi connectivity index (χ4v) is 17.4. The predicted molar refractivity (Wildman–Crippen MR) is 260 cm³/mol. The topological polar surface area (TPSA) is 144 Å². The quantitative estimate of drug-likeness (QED) is 0.217. The van der Waals surface area contributed by atoms with Crippen LogP contribution in [0.3, 0.4) is 0 Å². The number of hydrogen-bond acceptors (Lipinski definition) is 6. The SMILES string of the molecule is CC1=C(O)C(=O)C=C2C1=CC=C1[C@@]2(C)CC[C@@]2(C)[C@@H]3C[C@](C)(C(N)=O)CC[C@]3(C)CC[C@]12C.CC1=C(O)C(=O)C=C2C1=CC=C1[C@@]2(C)CC[C@@]2(C)[C@@H]3C[C@](C)(CN)CC[C@]3(C)CC[C@]12C. The van der Waals surface area contributed by atoms with Crippen molar-refractivity contribution in [1.29, 1.82) is 0 Å². The minimum absolute atomic E-state index is 0.0247. The van der Waals surface area contributed by atoms with Gasteiger partial charge >= 0.3 is 0 Å². The second-order valence-corrected chi connectivity index (χ2v) is 26.0. The average molecular weight is 885 g/mol. The molecule has 7 heteroatoms. The molecular formula is C58H80N2O5. The van der Waals surface area contributed by atoms with Gasteiger partial charge in [-0.2, -0.15) is 0 Å². The Labute approximate surface area is 390 Å². The Kier molecular flexibility index (Phi) is 10.1. The molecule has 0 heterocycles. The van der Waals surface area contributed by atoms with Gasteiger partial charge in [0.05, 0.1) is 0 Å². The smallest absolute Gasteiger partial charge is 0.223 e. The monoisotopic (exact) mass is 885 g/mol. The zero-order chi connectivity index (χ0) is 47.5. The highest BCUT2D eigenvalue weighted by atomic mass is 16.3. The number of fused-ring (bicyclic) bond motifs is 14. The van der Waals surface area contributed by atoms with Gasteiger partial charge in [-0.05, 0) is 194 Å². The fourth-order valence-electron chi connectivity index (χ4n) is 17.4. The Hall–Kier alpha value is -3.71. The number of aliphatic hydroxyl groups is 2. The van der Waals surface area contributed by atoms with E-state index in [1.54, 1.807) is 12.2 Å². The lowest BCUT2D eigenvalue weighted by Crippen LogP contribution is -2.62. The highest BCUT2D eigenvalue weighted by Gasteiger charge is 2.69. The zero-order valence-corrected chi connectivity index (χ0v) is 42.0. The van der Waals surface area contributed by atoms with Crippen molar-refractivity contribution in [2.45, 2.75) is 173 Å². The summed E-state index contributed by atoms with van der Waals surface area (Å²) in [6.45, 7) is 28.7. The second-order valence-electron chi connectivity index (χ2n) is 26.0. The molecule has 10 aliphatic carbocycles. The number of rotatable bonds is 2. The first-order chi connectivity index (χ1) is 30.1. The van der Waals surface area contributed by atoms with Gasteiger partial charge in [0.1, 0.15) is 0 Å². The molecule has 352 valence electrons. The van der Waals surface area contributed by atoms with Crippen LogP contribution in [-0.2, 0) is 14.4 Å². The van der Waals surface area contributed by atoms with E-state index in [-0.39, 0.29) is 72.3 Å². The summed E-state index contributed by atoms with van der Waals surface area (Å²) >= 11 is 0. The summed E-state index contributed by atoms with van der Waals surface area (Å²) in [5.41, 5.74) is 21.3. The van der Waals surface area contributed by atoms with Crippen LogP contribution < -0.4 is 11.5 Å². The summed E-state index contributed by atoms with van der Waals surface area (Å²) in [5.74, 6) is 0.207. The summed E-state index contributed by atoms with van der Waals surface area (Å²) < 4.78 is 0. The van der Waals surface area contributed by atoms with E-state index < -0.39 is 5.41 Å². The number of carbonyl (C=O) groups is 3. The van der Waals surface area contributed by atoms with Gasteiger partial charge in [-0.25, -0.2) is 0 Å². The molecule has 0 aromatic heterocycles. The van der Waals surface area contributed by atoms with Crippen molar-refractivity contribution in [3.63, 3.8) is 0 Å². The van der Waals surface area contributed by atoms with E-state index in [9.17, 15) is 24.6 Å². The van der Waals surface area contributed by atoms with Gasteiger partial charge < -0.3 is 21.7 Å². The Morgan fingerprint density at radius 2 is 0.969 bits per heavy atom. The van der Waals surface area contributed by atoms with Crippen molar-refractivity contribution in [1.82, 2.24) is 0 Å². The molecule has 12 atom stereocenters. The molecule has 7 nitrogen and oxygen atoms in total. The Morgan fingerprint density at radius 1 is 0.569 bits per heavy atom. The summed E-state index contributed by atoms with van der Waals surface area (Å²) in [6.07, 6.45) is 28.0. The summed E-state index contributed by atoms with van der Waals surface area (Å²) in [6, 6.07) is 0. The lowest BCUT2D eigenvalue weighted by Gasteiger charge is -2.70. The lowest BCUT2D eigenvalue weighted by molar-refractivity contribution is -0.167. The molecule has 0 bridgehead atoms. The largest absolute Gasteiger partial charge is 0.504 e. The van der Waals surface area contributed by atoms with Crippen molar-refractivity contribution in [2.24, 2.45) is 77.5 Å². The van der Waals surface area contributed by atoms with Gasteiger partial charge in [0.2, 0.25) is 17.5 Å². The summed E-state index contributed by atoms with van der Waals surface area (Å²) in [5, 5.41) is 20.6. The van der Waals surface area contributed by atoms with Crippen molar-refractivity contribution in [3.8, 4) is 0 Å². The van der Waals surface area contributed by atoms with Crippen LogP contribution in [0.1, 0.15) is 173 Å². The third-order valence-corrected chi connectivity index (χ3v) is 22.9. The van der Waals surface area contributed by atoms with Crippen molar-refractivity contribution >= 4 is 17.5 Å². The van der Waals surface area contributed by atoms with Crippen molar-refractivity contribution in [2.75, 3.05) is 6.54 Å². The van der Waals surface area contributed by atoms with Crippen LogP contribution in [0.4, 0.5) is 0 Å². The highest BCUT2D eigenvalue weighted by Crippen LogP contribution is 2.77. The number of allylic oxidation sites excluding steroid dienone is 14. The van der Waals surface area contributed by atoms with Gasteiger partial charge in [-0.1, -0.05) is 105 Å². The minimum atomic E-state index is -0.433. The van der Waals surface area contributed by atoms with E-state index >= 15 is 0 Å². The Balaban J connectivity index is 0.000000164. The van der Waals surface area contributed by atoms with E-state index in [1.807, 2.05) is 13.8 Å². The number of carbonyl (C=O) groups excluding carboxylic acids is 3. The normalized spacial score (nSPS) is 47.4. The molecule has 65 heavy (non-hydrogen) atoms. The molecule has 10 rings (SSSR count). The van der Waals surface area contributed by atoms with Crippen LogP contribution in [0.15, 0.2) is 92.6 Å². The Bertz CT molecular complexity index is 2480. The van der Waals surface area contributed by atoms with Gasteiger partial charge in [0.25, 0.3) is 0 Å². The van der Waals surface area contributed by atoms with E-state index in [1.165, 1.54) is 49.7 Å². The molecule has 6 fully saturated rings. The molecule has 0 saturated heterocycles. The van der Waals surface area contributed by atoms with E-state index in [0.717, 1.165) is 85.8 Å². The third-order valence-electron chi connectivity index (χ3n) is 22.9. The average Bonchev–Trinajstić information content (AvgIpc) is 3.26. The van der Waals surface area contributed by atoms with Gasteiger partial charge in [-0.15, -0.1) is 0 Å². The summed E-state index contributed by atoms with van der Waals surface area (Å²) in [7, 11) is 0. The van der Waals surface area contributed by atoms with Crippen molar-refractivity contribution < 1.29 is 24.6 Å². The molecule has 6 N–H and O–H groups in total. The summed E-state index contributed by atoms with van der Waals surface area (Å²) in [4.78, 5) is 37.6. The van der Waals surface area contributed by atoms with E-state index in [4.69, 9.17) is 11.5 Å². The van der Waals surface area contributed by atoms with Gasteiger partial charge in [0.15, 0.2) is 11.5 Å². The molecule has 0 aromatic carbocycles. The predicted octanol–water partition coefficient (Wildman–Crippen LogP) is 12.7. The fraction of sp³-hybridized carbons (Fsp3) is 0.672. The Morgan fingerprint density at radius 3 is 1.38 bits per heavy atom. The molecule has 1 amide bonds. The molecule has 6 saturated carbocycles. The van der Waals surface area contributed by atoms with Crippen LogP contribution in [0, 0.1) is 66.0 Å². The molecule has 10 aliphatic rings. The molecule has 0 aliphatic heterocycles. The van der Waals surface area contributed by atoms with Crippen molar-refractivity contribution in [3.05, 3.63) is 92.6 Å². The first-order valence-corrected chi connectivity index (χ1v) is 25.3. The van der Waals surface area contributed by atoms with Crippen LogP contribution in [-0.4, -0.2) is 34.2 Å². The molecule has 0 unspecified atom stereocenters. The number of primary amides is 1. The lowest BCUT2D eigenvalue weighted by atomic mass is 9.34. The van der Waals surface area contributed by atoms with Crippen LogP contribution >= 0.6 is 0 Å².